The zero-order valence-corrected chi connectivity index (χ0v) is 16.2. The number of benzene rings is 1. The van der Waals surface area contributed by atoms with E-state index in [9.17, 15) is 4.79 Å². The molecule has 1 fully saturated rings. The Morgan fingerprint density at radius 2 is 2.04 bits per heavy atom. The van der Waals surface area contributed by atoms with Gasteiger partial charge in [-0.1, -0.05) is 36.4 Å². The second-order valence-corrected chi connectivity index (χ2v) is 7.10. The molecule has 6 nitrogen and oxygen atoms in total. The Hall–Kier alpha value is -2.60. The summed E-state index contributed by atoms with van der Waals surface area (Å²) in [6, 6.07) is 14.7. The fourth-order valence-electron chi connectivity index (χ4n) is 3.43. The molecule has 27 heavy (non-hydrogen) atoms. The van der Waals surface area contributed by atoms with Gasteiger partial charge >= 0.3 is 6.03 Å². The van der Waals surface area contributed by atoms with E-state index in [0.717, 1.165) is 37.4 Å². The van der Waals surface area contributed by atoms with Gasteiger partial charge in [0.25, 0.3) is 0 Å². The third kappa shape index (κ3) is 5.44. The van der Waals surface area contributed by atoms with Crippen molar-refractivity contribution in [2.75, 3.05) is 38.5 Å². The predicted molar refractivity (Wildman–Crippen MR) is 109 cm³/mol. The Kier molecular flexibility index (Phi) is 6.65. The van der Waals surface area contributed by atoms with Gasteiger partial charge in [0.15, 0.2) is 0 Å². The molecule has 2 heterocycles. The Morgan fingerprint density at radius 1 is 1.22 bits per heavy atom. The minimum atomic E-state index is -0.0129. The molecule has 1 aromatic heterocycles. The number of anilines is 1. The highest BCUT2D eigenvalue weighted by atomic mass is 16.2. The first-order valence-electron chi connectivity index (χ1n) is 9.56. The van der Waals surface area contributed by atoms with E-state index in [2.05, 4.69) is 44.8 Å². The van der Waals surface area contributed by atoms with E-state index < -0.39 is 0 Å². The molecule has 0 unspecified atom stereocenters. The van der Waals surface area contributed by atoms with Gasteiger partial charge in [-0.3, -0.25) is 4.90 Å². The van der Waals surface area contributed by atoms with Crippen molar-refractivity contribution < 1.29 is 4.79 Å². The molecule has 3 rings (SSSR count). The highest BCUT2D eigenvalue weighted by Gasteiger charge is 2.28. The number of likely N-dealkylation sites (tertiary alicyclic amines) is 1. The smallest absolute Gasteiger partial charge is 0.317 e. The van der Waals surface area contributed by atoms with E-state index in [1.54, 1.807) is 6.20 Å². The van der Waals surface area contributed by atoms with E-state index in [4.69, 9.17) is 0 Å². The van der Waals surface area contributed by atoms with Crippen molar-refractivity contribution in [3.8, 4) is 0 Å². The quantitative estimate of drug-likeness (QED) is 0.739. The summed E-state index contributed by atoms with van der Waals surface area (Å²) in [5.41, 5.74) is 2.42. The summed E-state index contributed by atoms with van der Waals surface area (Å²) < 4.78 is 0. The van der Waals surface area contributed by atoms with Crippen LogP contribution in [0.1, 0.15) is 17.5 Å². The molecular formula is C21H29N5O. The molecule has 0 spiro atoms. The third-order valence-electron chi connectivity index (χ3n) is 5.07. The Labute approximate surface area is 161 Å². The summed E-state index contributed by atoms with van der Waals surface area (Å²) in [5, 5.41) is 6.25. The number of aryl methyl sites for hydroxylation is 1. The van der Waals surface area contributed by atoms with Crippen LogP contribution in [0.4, 0.5) is 10.6 Å². The number of hydrogen-bond acceptors (Lipinski definition) is 4. The fraction of sp³-hybridized carbons (Fsp3) is 0.429. The van der Waals surface area contributed by atoms with Gasteiger partial charge in [0.2, 0.25) is 0 Å². The molecule has 2 amide bonds. The maximum Gasteiger partial charge on any atom is 0.317 e. The van der Waals surface area contributed by atoms with Crippen LogP contribution < -0.4 is 10.6 Å². The van der Waals surface area contributed by atoms with Crippen LogP contribution >= 0.6 is 0 Å². The molecule has 1 saturated heterocycles. The Morgan fingerprint density at radius 3 is 2.81 bits per heavy atom. The van der Waals surface area contributed by atoms with Crippen LogP contribution in [0.5, 0.6) is 0 Å². The molecule has 144 valence electrons. The summed E-state index contributed by atoms with van der Waals surface area (Å²) in [7, 11) is 1.89. The van der Waals surface area contributed by atoms with Crippen molar-refractivity contribution in [2.24, 2.45) is 0 Å². The van der Waals surface area contributed by atoms with Crippen molar-refractivity contribution in [3.63, 3.8) is 0 Å². The topological polar surface area (TPSA) is 60.5 Å². The van der Waals surface area contributed by atoms with Gasteiger partial charge in [-0.05, 0) is 30.5 Å². The molecule has 2 N–H and O–H groups in total. The van der Waals surface area contributed by atoms with E-state index >= 15 is 0 Å². The van der Waals surface area contributed by atoms with Gasteiger partial charge in [-0.25, -0.2) is 9.78 Å². The number of aromatic nitrogens is 1. The normalized spacial score (nSPS) is 16.9. The van der Waals surface area contributed by atoms with Gasteiger partial charge in [0, 0.05) is 52.0 Å². The van der Waals surface area contributed by atoms with Gasteiger partial charge in [0.05, 0.1) is 0 Å². The number of pyridine rings is 1. The molecule has 0 radical (unpaired) electrons. The number of rotatable bonds is 7. The number of carbonyl (C=O) groups excluding carboxylic acids is 1. The number of likely N-dealkylation sites (N-methyl/N-ethyl adjacent to an activating group) is 1. The monoisotopic (exact) mass is 367 g/mol. The first-order chi connectivity index (χ1) is 13.1. The molecule has 0 saturated carbocycles. The number of hydrogen-bond donors (Lipinski definition) is 2. The van der Waals surface area contributed by atoms with Crippen molar-refractivity contribution in [1.29, 1.82) is 0 Å². The molecule has 1 aromatic carbocycles. The van der Waals surface area contributed by atoms with Crippen LogP contribution in [0.15, 0.2) is 48.7 Å². The lowest BCUT2D eigenvalue weighted by Gasteiger charge is -2.25. The van der Waals surface area contributed by atoms with E-state index in [1.165, 1.54) is 5.56 Å². The van der Waals surface area contributed by atoms with Gasteiger partial charge < -0.3 is 15.5 Å². The zero-order valence-electron chi connectivity index (χ0n) is 16.2. The number of urea groups is 1. The van der Waals surface area contributed by atoms with Crippen LogP contribution in [-0.4, -0.2) is 60.1 Å². The van der Waals surface area contributed by atoms with Crippen molar-refractivity contribution in [3.05, 3.63) is 59.8 Å². The van der Waals surface area contributed by atoms with E-state index in [0.29, 0.717) is 13.1 Å². The number of nitrogens with zero attached hydrogens (tertiary/aromatic N) is 3. The maximum absolute atomic E-state index is 12.4. The summed E-state index contributed by atoms with van der Waals surface area (Å²) in [4.78, 5) is 21.0. The van der Waals surface area contributed by atoms with E-state index in [-0.39, 0.29) is 12.1 Å². The average molecular weight is 367 g/mol. The molecule has 1 aliphatic heterocycles. The van der Waals surface area contributed by atoms with Crippen LogP contribution in [-0.2, 0) is 6.54 Å². The van der Waals surface area contributed by atoms with Crippen LogP contribution in [0.3, 0.4) is 0 Å². The molecule has 0 bridgehead atoms. The van der Waals surface area contributed by atoms with Crippen LogP contribution in [0.2, 0.25) is 0 Å². The Bertz CT molecular complexity index is 736. The largest absolute Gasteiger partial charge is 0.368 e. The SMILES string of the molecule is Cc1cccnc1NCCNC(=O)N(C)[C@@H]1CCN(Cc2ccccc2)C1. The minimum Gasteiger partial charge on any atom is -0.368 e. The van der Waals surface area contributed by atoms with E-state index in [1.807, 2.05) is 37.1 Å². The van der Waals surface area contributed by atoms with Gasteiger partial charge in [0.1, 0.15) is 5.82 Å². The second-order valence-electron chi connectivity index (χ2n) is 7.10. The minimum absolute atomic E-state index is 0.0129. The van der Waals surface area contributed by atoms with Crippen molar-refractivity contribution >= 4 is 11.8 Å². The zero-order chi connectivity index (χ0) is 19.1. The van der Waals surface area contributed by atoms with Crippen LogP contribution in [0.25, 0.3) is 0 Å². The molecule has 0 aliphatic carbocycles. The molecule has 6 heteroatoms. The summed E-state index contributed by atoms with van der Waals surface area (Å²) in [5.74, 6) is 0.868. The lowest BCUT2D eigenvalue weighted by molar-refractivity contribution is 0.189. The summed E-state index contributed by atoms with van der Waals surface area (Å²) in [6.45, 7) is 6.13. The fourth-order valence-corrected chi connectivity index (χ4v) is 3.43. The van der Waals surface area contributed by atoms with Gasteiger partial charge in [-0.2, -0.15) is 0 Å². The first kappa shape index (κ1) is 19.2. The lowest BCUT2D eigenvalue weighted by Crippen LogP contribution is -2.45. The van der Waals surface area contributed by atoms with Crippen molar-refractivity contribution in [1.82, 2.24) is 20.1 Å². The molecule has 2 aromatic rings. The number of carbonyl (C=O) groups is 1. The predicted octanol–water partition coefficient (Wildman–Crippen LogP) is 2.72. The average Bonchev–Trinajstić information content (AvgIpc) is 3.15. The number of nitrogens with one attached hydrogen (secondary N) is 2. The molecular weight excluding hydrogens is 338 g/mol. The van der Waals surface area contributed by atoms with Gasteiger partial charge in [-0.15, -0.1) is 0 Å². The standard InChI is InChI=1S/C21H29N5O/c1-17-7-6-11-22-20(17)23-12-13-24-21(27)25(2)19-10-14-26(16-19)15-18-8-4-3-5-9-18/h3-9,11,19H,10,12-16H2,1-2H3,(H,22,23)(H,24,27)/t19-/m1/s1. The third-order valence-corrected chi connectivity index (χ3v) is 5.07. The first-order valence-corrected chi connectivity index (χ1v) is 9.56. The van der Waals surface area contributed by atoms with Crippen LogP contribution in [0, 0.1) is 6.92 Å². The molecule has 1 aliphatic rings. The summed E-state index contributed by atoms with van der Waals surface area (Å²) in [6.07, 6.45) is 2.78. The summed E-state index contributed by atoms with van der Waals surface area (Å²) >= 11 is 0. The molecule has 1 atom stereocenters. The number of amides is 2. The highest BCUT2D eigenvalue weighted by molar-refractivity contribution is 5.74. The maximum atomic E-state index is 12.4. The second kappa shape index (κ2) is 9.37. The van der Waals surface area contributed by atoms with Crippen molar-refractivity contribution in [2.45, 2.75) is 25.9 Å². The lowest BCUT2D eigenvalue weighted by atomic mass is 10.2. The highest BCUT2D eigenvalue weighted by Crippen LogP contribution is 2.17. The Balaban J connectivity index is 1.38.